The summed E-state index contributed by atoms with van der Waals surface area (Å²) in [5, 5.41) is 8.53. The number of benzene rings is 1. The molecule has 40 heavy (non-hydrogen) atoms. The lowest BCUT2D eigenvalue weighted by Gasteiger charge is -2.38. The van der Waals surface area contributed by atoms with Crippen LogP contribution in [0.25, 0.3) is 0 Å². The van der Waals surface area contributed by atoms with E-state index in [-0.39, 0.29) is 41.8 Å². The van der Waals surface area contributed by atoms with Gasteiger partial charge in [-0.3, -0.25) is 19.3 Å². The maximum absolute atomic E-state index is 13.8. The first kappa shape index (κ1) is 30.1. The highest BCUT2D eigenvalue weighted by Crippen LogP contribution is 2.32. The first-order valence-corrected chi connectivity index (χ1v) is 15.3. The van der Waals surface area contributed by atoms with E-state index in [1.807, 2.05) is 58.3 Å². The van der Waals surface area contributed by atoms with E-state index in [4.69, 9.17) is 4.74 Å². The molecule has 218 valence electrons. The average molecular weight is 570 g/mol. The molecule has 2 aromatic rings. The summed E-state index contributed by atoms with van der Waals surface area (Å²) in [6.07, 6.45) is 4.75. The van der Waals surface area contributed by atoms with Crippen molar-refractivity contribution in [3.05, 3.63) is 52.0 Å². The Morgan fingerprint density at radius 1 is 1.20 bits per heavy atom. The molecule has 2 fully saturated rings. The maximum atomic E-state index is 13.8. The Balaban J connectivity index is 1.37. The maximum Gasteiger partial charge on any atom is 0.271 e. The first-order chi connectivity index (χ1) is 19.3. The monoisotopic (exact) mass is 569 g/mol. The van der Waals surface area contributed by atoms with Crippen LogP contribution in [0.3, 0.4) is 0 Å². The van der Waals surface area contributed by atoms with Crippen LogP contribution in [-0.2, 0) is 20.9 Å². The lowest BCUT2D eigenvalue weighted by molar-refractivity contribution is -0.142. The number of likely N-dealkylation sites (tertiary alicyclic amines) is 1. The fraction of sp³-hybridized carbons (Fsp3) is 0.600. The third-order valence-electron chi connectivity index (χ3n) is 8.33. The van der Waals surface area contributed by atoms with E-state index in [0.717, 1.165) is 42.8 Å². The molecule has 1 aromatic carbocycles. The predicted molar refractivity (Wildman–Crippen MR) is 156 cm³/mol. The highest BCUT2D eigenvalue weighted by Gasteiger charge is 2.37. The van der Waals surface area contributed by atoms with Gasteiger partial charge in [0.2, 0.25) is 11.8 Å². The summed E-state index contributed by atoms with van der Waals surface area (Å²) in [7, 11) is 3.81. The van der Waals surface area contributed by atoms with Crippen molar-refractivity contribution in [1.29, 1.82) is 0 Å². The summed E-state index contributed by atoms with van der Waals surface area (Å²) >= 11 is 1.41. The Bertz CT molecular complexity index is 1140. The quantitative estimate of drug-likeness (QED) is 0.452. The molecule has 4 rings (SSSR count). The van der Waals surface area contributed by atoms with Crippen LogP contribution in [0.1, 0.15) is 79.5 Å². The Morgan fingerprint density at radius 2 is 1.98 bits per heavy atom. The summed E-state index contributed by atoms with van der Waals surface area (Å²) in [6.45, 7) is 5.90. The number of carbonyl (C=O) groups excluding carboxylic acids is 3. The van der Waals surface area contributed by atoms with Gasteiger partial charge in [0.1, 0.15) is 22.8 Å². The number of ether oxygens (including phenoxy) is 1. The Labute approximate surface area is 241 Å². The average Bonchev–Trinajstić information content (AvgIpc) is 3.49. The molecule has 2 aliphatic rings. The Hall–Kier alpha value is -2.82. The molecular formula is C30H43N5O4S. The largest absolute Gasteiger partial charge is 0.371 e. The number of piperidine rings is 1. The van der Waals surface area contributed by atoms with Gasteiger partial charge in [-0.2, -0.15) is 0 Å². The molecule has 9 nitrogen and oxygen atoms in total. The van der Waals surface area contributed by atoms with Gasteiger partial charge < -0.3 is 20.3 Å². The normalized spacial score (nSPS) is 23.1. The number of nitrogens with one attached hydrogen (secondary N) is 2. The van der Waals surface area contributed by atoms with Gasteiger partial charge in [-0.15, -0.1) is 11.3 Å². The van der Waals surface area contributed by atoms with Crippen molar-refractivity contribution in [3.8, 4) is 0 Å². The highest BCUT2D eigenvalue weighted by atomic mass is 32.1. The number of nitrogens with zero attached hydrogens (tertiary/aromatic N) is 3. The topological polar surface area (TPSA) is 104 Å². The van der Waals surface area contributed by atoms with Gasteiger partial charge in [-0.1, -0.05) is 57.0 Å². The molecule has 2 aliphatic heterocycles. The number of aromatic nitrogens is 1. The molecule has 3 heterocycles. The molecule has 2 N–H and O–H groups in total. The van der Waals surface area contributed by atoms with Crippen LogP contribution in [0.4, 0.5) is 0 Å². The third-order valence-corrected chi connectivity index (χ3v) is 9.26. The number of hydrogen-bond donors (Lipinski definition) is 2. The van der Waals surface area contributed by atoms with E-state index in [1.54, 1.807) is 10.3 Å². The molecule has 0 spiro atoms. The summed E-state index contributed by atoms with van der Waals surface area (Å²) in [6, 6.07) is 8.95. The van der Waals surface area contributed by atoms with E-state index in [2.05, 4.69) is 20.5 Å². The minimum absolute atomic E-state index is 0.0133. The zero-order chi connectivity index (χ0) is 28.6. The number of thiazole rings is 1. The highest BCUT2D eigenvalue weighted by molar-refractivity contribution is 7.09. The van der Waals surface area contributed by atoms with Gasteiger partial charge >= 0.3 is 0 Å². The number of carbonyl (C=O) groups is 3. The van der Waals surface area contributed by atoms with E-state index < -0.39 is 6.04 Å². The van der Waals surface area contributed by atoms with Gasteiger partial charge in [0.25, 0.3) is 5.91 Å². The van der Waals surface area contributed by atoms with Crippen molar-refractivity contribution in [3.63, 3.8) is 0 Å². The number of hydrogen-bond acceptors (Lipinski definition) is 7. The van der Waals surface area contributed by atoms with Crippen LogP contribution in [0.15, 0.2) is 35.7 Å². The van der Waals surface area contributed by atoms with Crippen molar-refractivity contribution in [2.75, 3.05) is 27.2 Å². The molecular weight excluding hydrogens is 526 g/mol. The van der Waals surface area contributed by atoms with E-state index >= 15 is 0 Å². The van der Waals surface area contributed by atoms with Crippen molar-refractivity contribution >= 4 is 29.1 Å². The second-order valence-corrected chi connectivity index (χ2v) is 12.0. The summed E-state index contributed by atoms with van der Waals surface area (Å²) in [5.74, 6) is -0.326. The fourth-order valence-electron chi connectivity index (χ4n) is 5.45. The SMILES string of the molecule is CC[C@H](C)[C@H](NC(=O)[C@H]1CCCCN1C)C(=O)N(C)[C@H]1CCO[C@@H](c2nc(C(=O)NCc3ccccc3)cs2)C1. The number of amides is 3. The molecule has 0 unspecified atom stereocenters. The van der Waals surface area contributed by atoms with Crippen LogP contribution in [-0.4, -0.2) is 77.9 Å². The van der Waals surface area contributed by atoms with E-state index in [1.165, 1.54) is 11.3 Å². The van der Waals surface area contributed by atoms with E-state index in [0.29, 0.717) is 31.7 Å². The fourth-order valence-corrected chi connectivity index (χ4v) is 6.31. The molecule has 0 radical (unpaired) electrons. The van der Waals surface area contributed by atoms with Crippen LogP contribution in [0, 0.1) is 5.92 Å². The molecule has 0 aliphatic carbocycles. The zero-order valence-corrected chi connectivity index (χ0v) is 24.9. The minimum Gasteiger partial charge on any atom is -0.371 e. The molecule has 0 bridgehead atoms. The molecule has 10 heteroatoms. The smallest absolute Gasteiger partial charge is 0.271 e. The van der Waals surface area contributed by atoms with Crippen molar-refractivity contribution in [2.45, 2.75) is 83.1 Å². The zero-order valence-electron chi connectivity index (χ0n) is 24.1. The van der Waals surface area contributed by atoms with Crippen molar-refractivity contribution < 1.29 is 19.1 Å². The predicted octanol–water partition coefficient (Wildman–Crippen LogP) is 3.77. The van der Waals surface area contributed by atoms with Gasteiger partial charge in [0.05, 0.1) is 6.04 Å². The molecule has 2 saturated heterocycles. The minimum atomic E-state index is -0.570. The van der Waals surface area contributed by atoms with Gasteiger partial charge in [-0.05, 0) is 44.3 Å². The van der Waals surface area contributed by atoms with Crippen LogP contribution in [0.5, 0.6) is 0 Å². The third kappa shape index (κ3) is 7.47. The summed E-state index contributed by atoms with van der Waals surface area (Å²) in [5.41, 5.74) is 1.40. The number of likely N-dealkylation sites (N-methyl/N-ethyl adjacent to an activating group) is 2. The van der Waals surface area contributed by atoms with Gasteiger partial charge in [0.15, 0.2) is 0 Å². The number of rotatable bonds is 10. The standard InChI is InChI=1S/C30H43N5O4S/c1-5-20(2)26(33-28(37)24-13-9-10-15-34(24)3)30(38)35(4)22-14-16-39-25(17-22)29-32-23(19-40-29)27(36)31-18-21-11-7-6-8-12-21/h6-8,11-12,19-20,22,24-26H,5,9-10,13-18H2,1-4H3,(H,31,36)(H,33,37)/t20-,22-,24+,25+,26-/m0/s1. The molecule has 0 saturated carbocycles. The summed E-state index contributed by atoms with van der Waals surface area (Å²) in [4.78, 5) is 48.1. The van der Waals surface area contributed by atoms with Crippen molar-refractivity contribution in [1.82, 2.24) is 25.4 Å². The molecule has 5 atom stereocenters. The van der Waals surface area contributed by atoms with Crippen molar-refractivity contribution in [2.24, 2.45) is 5.92 Å². The lowest BCUT2D eigenvalue weighted by Crippen LogP contribution is -2.57. The summed E-state index contributed by atoms with van der Waals surface area (Å²) < 4.78 is 6.03. The van der Waals surface area contributed by atoms with Crippen LogP contribution in [0.2, 0.25) is 0 Å². The van der Waals surface area contributed by atoms with Gasteiger partial charge in [0, 0.05) is 38.0 Å². The molecule has 1 aromatic heterocycles. The Kier molecular flexibility index (Phi) is 10.7. The van der Waals surface area contributed by atoms with Crippen LogP contribution < -0.4 is 10.6 Å². The second kappa shape index (κ2) is 14.2. The van der Waals surface area contributed by atoms with Crippen LogP contribution >= 0.6 is 11.3 Å². The van der Waals surface area contributed by atoms with E-state index in [9.17, 15) is 14.4 Å². The Morgan fingerprint density at radius 3 is 2.70 bits per heavy atom. The van der Waals surface area contributed by atoms with Gasteiger partial charge in [-0.25, -0.2) is 4.98 Å². The molecule has 3 amide bonds. The second-order valence-electron chi connectivity index (χ2n) is 11.1. The lowest BCUT2D eigenvalue weighted by atomic mass is 9.94. The first-order valence-electron chi connectivity index (χ1n) is 14.4.